The molecule has 18 heavy (non-hydrogen) atoms. The van der Waals surface area contributed by atoms with Gasteiger partial charge in [-0.2, -0.15) is 0 Å². The predicted molar refractivity (Wildman–Crippen MR) is 67.3 cm³/mol. The fraction of sp³-hybridized carbons (Fsp3) is 0.667. The lowest BCUT2D eigenvalue weighted by molar-refractivity contribution is -0.0694. The number of aliphatic hydroxyl groups is 1. The van der Waals surface area contributed by atoms with Crippen LogP contribution in [0.1, 0.15) is 60.9 Å². The second-order valence-corrected chi connectivity index (χ2v) is 6.18. The van der Waals surface area contributed by atoms with Crippen LogP contribution in [0.4, 0.5) is 0 Å². The highest BCUT2D eigenvalue weighted by atomic mass is 16.3. The number of furan rings is 1. The largest absolute Gasteiger partial charge is 0.461 e. The van der Waals surface area contributed by atoms with Crippen molar-refractivity contribution in [2.75, 3.05) is 0 Å². The summed E-state index contributed by atoms with van der Waals surface area (Å²) in [6, 6.07) is 0. The molecule has 1 aromatic heterocycles. The first-order valence-electron chi connectivity index (χ1n) is 6.78. The molecule has 1 N–H and O–H groups in total. The lowest BCUT2D eigenvalue weighted by Gasteiger charge is -2.50. The lowest BCUT2D eigenvalue weighted by Crippen LogP contribution is -2.49. The Kier molecular flexibility index (Phi) is 2.46. The third kappa shape index (κ3) is 1.26. The number of hydrogen-bond acceptors (Lipinski definition) is 3. The van der Waals surface area contributed by atoms with E-state index in [0.717, 1.165) is 30.4 Å². The zero-order chi connectivity index (χ0) is 13.1. The van der Waals surface area contributed by atoms with Gasteiger partial charge in [-0.25, -0.2) is 0 Å². The van der Waals surface area contributed by atoms with Gasteiger partial charge in [0.2, 0.25) is 5.78 Å². The van der Waals surface area contributed by atoms with Crippen molar-refractivity contribution in [1.82, 2.24) is 0 Å². The summed E-state index contributed by atoms with van der Waals surface area (Å²) >= 11 is 0. The summed E-state index contributed by atoms with van der Waals surface area (Å²) in [4.78, 5) is 12.6. The number of aliphatic hydroxyl groups excluding tert-OH is 1. The van der Waals surface area contributed by atoms with Crippen molar-refractivity contribution in [3.05, 3.63) is 23.2 Å². The Hall–Kier alpha value is -1.09. The van der Waals surface area contributed by atoms with E-state index in [9.17, 15) is 9.90 Å². The number of aryl methyl sites for hydroxylation is 1. The molecule has 0 bridgehead atoms. The van der Waals surface area contributed by atoms with Gasteiger partial charge in [0.1, 0.15) is 0 Å². The van der Waals surface area contributed by atoms with E-state index in [1.165, 1.54) is 0 Å². The molecule has 1 fully saturated rings. The molecule has 0 radical (unpaired) electrons. The summed E-state index contributed by atoms with van der Waals surface area (Å²) in [5.74, 6) is 0.765. The molecule has 1 heterocycles. The van der Waals surface area contributed by atoms with Crippen LogP contribution in [0.2, 0.25) is 0 Å². The van der Waals surface area contributed by atoms with Gasteiger partial charge < -0.3 is 9.52 Å². The monoisotopic (exact) mass is 248 g/mol. The molecular formula is C15H20O3. The summed E-state index contributed by atoms with van der Waals surface area (Å²) < 4.78 is 5.39. The van der Waals surface area contributed by atoms with Gasteiger partial charge in [0.15, 0.2) is 5.76 Å². The van der Waals surface area contributed by atoms with Crippen LogP contribution in [0.25, 0.3) is 0 Å². The first-order chi connectivity index (χ1) is 8.48. The summed E-state index contributed by atoms with van der Waals surface area (Å²) in [6.07, 6.45) is 4.04. The average Bonchev–Trinajstić information content (AvgIpc) is 2.72. The molecule has 3 nitrogen and oxygen atoms in total. The number of Topliss-reactive ketones (excluding diaryl/α,β-unsaturated/α-hetero) is 1. The van der Waals surface area contributed by atoms with Gasteiger partial charge in [-0.1, -0.05) is 26.7 Å². The van der Waals surface area contributed by atoms with Gasteiger partial charge in [-0.3, -0.25) is 4.79 Å². The van der Waals surface area contributed by atoms with Gasteiger partial charge >= 0.3 is 0 Å². The molecule has 2 aliphatic rings. The Bertz CT molecular complexity index is 502. The number of fused-ring (bicyclic) bond motifs is 2. The van der Waals surface area contributed by atoms with Crippen LogP contribution in [0.5, 0.6) is 0 Å². The molecule has 1 saturated carbocycles. The van der Waals surface area contributed by atoms with Crippen LogP contribution in [-0.2, 0) is 0 Å². The van der Waals surface area contributed by atoms with Crippen LogP contribution in [0.3, 0.4) is 0 Å². The van der Waals surface area contributed by atoms with Crippen LogP contribution < -0.4 is 0 Å². The van der Waals surface area contributed by atoms with E-state index in [0.29, 0.717) is 11.7 Å². The van der Waals surface area contributed by atoms with E-state index in [2.05, 4.69) is 13.8 Å². The Morgan fingerprint density at radius 3 is 2.89 bits per heavy atom. The number of carbonyl (C=O) groups is 1. The fourth-order valence-electron chi connectivity index (χ4n) is 3.92. The molecule has 0 aliphatic heterocycles. The zero-order valence-corrected chi connectivity index (χ0v) is 11.2. The third-order valence-electron chi connectivity index (χ3n) is 5.37. The van der Waals surface area contributed by atoms with Crippen LogP contribution in [0, 0.1) is 24.2 Å². The van der Waals surface area contributed by atoms with Crippen molar-refractivity contribution in [1.29, 1.82) is 0 Å². The summed E-state index contributed by atoms with van der Waals surface area (Å²) in [7, 11) is 0. The summed E-state index contributed by atoms with van der Waals surface area (Å²) in [6.45, 7) is 6.12. The molecule has 3 rings (SSSR count). The number of hydrogen-bond donors (Lipinski definition) is 1. The van der Waals surface area contributed by atoms with Crippen molar-refractivity contribution >= 4 is 5.78 Å². The lowest BCUT2D eigenvalue weighted by atomic mass is 9.54. The quantitative estimate of drug-likeness (QED) is 0.766. The SMILES string of the molecule is Cc1coc2c1[C@@H](O)[C@@]1(C)[C@H](CCC[C@@H]1C)C2=O. The van der Waals surface area contributed by atoms with Crippen molar-refractivity contribution in [2.24, 2.45) is 17.3 Å². The molecule has 0 amide bonds. The Balaban J connectivity index is 2.20. The predicted octanol–water partition coefficient (Wildman–Crippen LogP) is 3.26. The normalized spacial score (nSPS) is 39.3. The van der Waals surface area contributed by atoms with Crippen molar-refractivity contribution < 1.29 is 14.3 Å². The number of rotatable bonds is 0. The topological polar surface area (TPSA) is 50.4 Å². The van der Waals surface area contributed by atoms with Crippen LogP contribution in [-0.4, -0.2) is 10.9 Å². The minimum atomic E-state index is -0.579. The Morgan fingerprint density at radius 2 is 2.17 bits per heavy atom. The molecule has 0 unspecified atom stereocenters. The minimum Gasteiger partial charge on any atom is -0.461 e. The van der Waals surface area contributed by atoms with Gasteiger partial charge in [0.05, 0.1) is 12.4 Å². The van der Waals surface area contributed by atoms with E-state index >= 15 is 0 Å². The maximum atomic E-state index is 12.6. The number of ketones is 1. The van der Waals surface area contributed by atoms with Gasteiger partial charge in [0, 0.05) is 16.9 Å². The second-order valence-electron chi connectivity index (χ2n) is 6.18. The second kappa shape index (κ2) is 3.70. The molecule has 98 valence electrons. The van der Waals surface area contributed by atoms with Gasteiger partial charge in [-0.15, -0.1) is 0 Å². The molecule has 2 aliphatic carbocycles. The van der Waals surface area contributed by atoms with Crippen molar-refractivity contribution in [3.8, 4) is 0 Å². The minimum absolute atomic E-state index is 0.0886. The molecule has 4 atom stereocenters. The smallest absolute Gasteiger partial charge is 0.202 e. The highest BCUT2D eigenvalue weighted by molar-refractivity contribution is 5.99. The van der Waals surface area contributed by atoms with Gasteiger partial charge in [0.25, 0.3) is 0 Å². The average molecular weight is 248 g/mol. The Morgan fingerprint density at radius 1 is 1.44 bits per heavy atom. The first-order valence-corrected chi connectivity index (χ1v) is 6.78. The fourth-order valence-corrected chi connectivity index (χ4v) is 3.92. The maximum absolute atomic E-state index is 12.6. The highest BCUT2D eigenvalue weighted by Gasteiger charge is 2.56. The van der Waals surface area contributed by atoms with E-state index in [-0.39, 0.29) is 17.1 Å². The van der Waals surface area contributed by atoms with Crippen molar-refractivity contribution in [2.45, 2.75) is 46.1 Å². The van der Waals surface area contributed by atoms with Crippen LogP contribution >= 0.6 is 0 Å². The molecule has 0 aromatic carbocycles. The summed E-state index contributed by atoms with van der Waals surface area (Å²) in [5.41, 5.74) is 1.28. The molecule has 0 spiro atoms. The van der Waals surface area contributed by atoms with E-state index in [1.54, 1.807) is 6.26 Å². The van der Waals surface area contributed by atoms with E-state index in [4.69, 9.17) is 4.42 Å². The van der Waals surface area contributed by atoms with Crippen LogP contribution in [0.15, 0.2) is 10.7 Å². The molecule has 1 aromatic rings. The van der Waals surface area contributed by atoms with E-state index < -0.39 is 6.10 Å². The molecule has 0 saturated heterocycles. The van der Waals surface area contributed by atoms with Gasteiger partial charge in [-0.05, 0) is 24.8 Å². The molecular weight excluding hydrogens is 228 g/mol. The summed E-state index contributed by atoms with van der Waals surface area (Å²) in [5, 5.41) is 10.8. The third-order valence-corrected chi connectivity index (χ3v) is 5.37. The highest BCUT2D eigenvalue weighted by Crippen LogP contribution is 2.57. The maximum Gasteiger partial charge on any atom is 0.202 e. The van der Waals surface area contributed by atoms with E-state index in [1.807, 2.05) is 6.92 Å². The Labute approximate surface area is 107 Å². The van der Waals surface area contributed by atoms with Crippen molar-refractivity contribution in [3.63, 3.8) is 0 Å². The first kappa shape index (κ1) is 12.0. The zero-order valence-electron chi connectivity index (χ0n) is 11.2. The standard InChI is InChI=1S/C15H20O3/c1-8-7-18-13-11(8)14(17)15(3)9(2)5-4-6-10(15)12(13)16/h7,9-10,14,17H,4-6H2,1-3H3/t9-,10+,14+,15+/m0/s1. The number of carbonyl (C=O) groups excluding carboxylic acids is 1. The molecule has 3 heteroatoms.